The van der Waals surface area contributed by atoms with Crippen LogP contribution in [-0.2, 0) is 16.0 Å². The number of aryl methyl sites for hydroxylation is 1. The number of benzene rings is 1. The summed E-state index contributed by atoms with van der Waals surface area (Å²) in [6.45, 7) is 0.820. The average Bonchev–Trinajstić information content (AvgIpc) is 3.18. The van der Waals surface area contributed by atoms with Crippen LogP contribution in [0.15, 0.2) is 24.3 Å². The van der Waals surface area contributed by atoms with Gasteiger partial charge in [-0.1, -0.05) is 12.1 Å². The van der Waals surface area contributed by atoms with Crippen LogP contribution in [0.1, 0.15) is 24.8 Å². The first kappa shape index (κ1) is 12.0. The van der Waals surface area contributed by atoms with Gasteiger partial charge in [-0.2, -0.15) is 0 Å². The van der Waals surface area contributed by atoms with Crippen LogP contribution in [0.3, 0.4) is 0 Å². The highest BCUT2D eigenvalue weighted by Crippen LogP contribution is 2.29. The molecular formula is C14H18O3. The first-order valence-electron chi connectivity index (χ1n) is 6.06. The Hall–Kier alpha value is -1.51. The number of rotatable bonds is 6. The van der Waals surface area contributed by atoms with E-state index < -0.39 is 0 Å². The fraction of sp³-hybridized carbons (Fsp3) is 0.500. The predicted octanol–water partition coefficient (Wildman–Crippen LogP) is 2.58. The number of hydrogen-bond acceptors (Lipinski definition) is 3. The van der Waals surface area contributed by atoms with Crippen molar-refractivity contribution in [3.8, 4) is 5.75 Å². The van der Waals surface area contributed by atoms with E-state index in [1.54, 1.807) is 0 Å². The third-order valence-electron chi connectivity index (χ3n) is 2.93. The molecule has 0 aromatic heterocycles. The minimum Gasteiger partial charge on any atom is -0.493 e. The molecule has 1 fully saturated rings. The molecule has 3 heteroatoms. The largest absolute Gasteiger partial charge is 0.493 e. The Kier molecular flexibility index (Phi) is 4.02. The molecule has 0 N–H and O–H groups in total. The van der Waals surface area contributed by atoms with Gasteiger partial charge in [-0.05, 0) is 42.9 Å². The standard InChI is InChI=1S/C14H18O3/c1-16-14(15)8-7-11-3-2-4-13(9-11)17-10-12-5-6-12/h2-4,9,12H,5-8,10H2,1H3. The Morgan fingerprint density at radius 1 is 1.41 bits per heavy atom. The van der Waals surface area contributed by atoms with Gasteiger partial charge in [-0.15, -0.1) is 0 Å². The van der Waals surface area contributed by atoms with Crippen LogP contribution in [0.5, 0.6) is 5.75 Å². The number of hydrogen-bond donors (Lipinski definition) is 0. The Labute approximate surface area is 102 Å². The van der Waals surface area contributed by atoms with Gasteiger partial charge in [0.25, 0.3) is 0 Å². The van der Waals surface area contributed by atoms with Gasteiger partial charge < -0.3 is 9.47 Å². The highest BCUT2D eigenvalue weighted by molar-refractivity contribution is 5.69. The molecule has 1 aliphatic rings. The van der Waals surface area contributed by atoms with Crippen molar-refractivity contribution in [1.29, 1.82) is 0 Å². The van der Waals surface area contributed by atoms with Crippen molar-refractivity contribution in [2.24, 2.45) is 5.92 Å². The van der Waals surface area contributed by atoms with Gasteiger partial charge in [-0.3, -0.25) is 4.79 Å². The molecule has 1 saturated carbocycles. The van der Waals surface area contributed by atoms with E-state index in [4.69, 9.17) is 4.74 Å². The van der Waals surface area contributed by atoms with Gasteiger partial charge >= 0.3 is 5.97 Å². The number of ether oxygens (including phenoxy) is 2. The molecule has 0 heterocycles. The van der Waals surface area contributed by atoms with Crippen LogP contribution < -0.4 is 4.74 Å². The van der Waals surface area contributed by atoms with E-state index in [2.05, 4.69) is 4.74 Å². The van der Waals surface area contributed by atoms with Crippen molar-refractivity contribution in [1.82, 2.24) is 0 Å². The minimum atomic E-state index is -0.172. The zero-order valence-corrected chi connectivity index (χ0v) is 10.1. The Balaban J connectivity index is 1.84. The van der Waals surface area contributed by atoms with Crippen LogP contribution in [-0.4, -0.2) is 19.7 Å². The summed E-state index contributed by atoms with van der Waals surface area (Å²) >= 11 is 0. The van der Waals surface area contributed by atoms with E-state index in [1.807, 2.05) is 24.3 Å². The summed E-state index contributed by atoms with van der Waals surface area (Å²) in [7, 11) is 1.41. The van der Waals surface area contributed by atoms with Gasteiger partial charge in [0.15, 0.2) is 0 Å². The zero-order chi connectivity index (χ0) is 12.1. The second-order valence-electron chi connectivity index (χ2n) is 4.48. The third kappa shape index (κ3) is 4.10. The molecule has 0 aliphatic heterocycles. The fourth-order valence-electron chi connectivity index (χ4n) is 1.64. The van der Waals surface area contributed by atoms with Crippen LogP contribution in [0.2, 0.25) is 0 Å². The summed E-state index contributed by atoms with van der Waals surface area (Å²) < 4.78 is 10.3. The highest BCUT2D eigenvalue weighted by atomic mass is 16.5. The lowest BCUT2D eigenvalue weighted by Crippen LogP contribution is -2.02. The molecule has 17 heavy (non-hydrogen) atoms. The van der Waals surface area contributed by atoms with Crippen LogP contribution in [0, 0.1) is 5.92 Å². The molecule has 0 saturated heterocycles. The molecule has 1 aliphatic carbocycles. The highest BCUT2D eigenvalue weighted by Gasteiger charge is 2.21. The average molecular weight is 234 g/mol. The molecule has 0 bridgehead atoms. The second-order valence-corrected chi connectivity index (χ2v) is 4.48. The number of esters is 1. The van der Waals surface area contributed by atoms with Gasteiger partial charge in [0.1, 0.15) is 5.75 Å². The zero-order valence-electron chi connectivity index (χ0n) is 10.1. The van der Waals surface area contributed by atoms with Gasteiger partial charge in [0.05, 0.1) is 13.7 Å². The molecule has 0 spiro atoms. The molecule has 1 aromatic rings. The molecule has 0 unspecified atom stereocenters. The maximum atomic E-state index is 11.0. The molecule has 1 aromatic carbocycles. The van der Waals surface area contributed by atoms with E-state index in [-0.39, 0.29) is 5.97 Å². The maximum Gasteiger partial charge on any atom is 0.305 e. The Morgan fingerprint density at radius 2 is 2.24 bits per heavy atom. The van der Waals surface area contributed by atoms with E-state index in [0.717, 1.165) is 23.8 Å². The van der Waals surface area contributed by atoms with Crippen molar-refractivity contribution in [2.45, 2.75) is 25.7 Å². The smallest absolute Gasteiger partial charge is 0.305 e. The number of carbonyl (C=O) groups excluding carboxylic acids is 1. The van der Waals surface area contributed by atoms with Gasteiger partial charge in [-0.25, -0.2) is 0 Å². The monoisotopic (exact) mass is 234 g/mol. The minimum absolute atomic E-state index is 0.172. The van der Waals surface area contributed by atoms with E-state index >= 15 is 0 Å². The summed E-state index contributed by atoms with van der Waals surface area (Å²) in [5.74, 6) is 1.49. The van der Waals surface area contributed by atoms with Gasteiger partial charge in [0, 0.05) is 6.42 Å². The van der Waals surface area contributed by atoms with Crippen molar-refractivity contribution in [3.05, 3.63) is 29.8 Å². The maximum absolute atomic E-state index is 11.0. The Morgan fingerprint density at radius 3 is 2.94 bits per heavy atom. The summed E-state index contributed by atoms with van der Waals surface area (Å²) in [6, 6.07) is 7.94. The number of methoxy groups -OCH3 is 1. The van der Waals surface area contributed by atoms with Crippen molar-refractivity contribution in [2.75, 3.05) is 13.7 Å². The first-order valence-corrected chi connectivity index (χ1v) is 6.06. The van der Waals surface area contributed by atoms with Crippen molar-refractivity contribution < 1.29 is 14.3 Å². The lowest BCUT2D eigenvalue weighted by molar-refractivity contribution is -0.140. The lowest BCUT2D eigenvalue weighted by atomic mass is 10.1. The molecule has 2 rings (SSSR count). The quantitative estimate of drug-likeness (QED) is 0.710. The lowest BCUT2D eigenvalue weighted by Gasteiger charge is -2.07. The van der Waals surface area contributed by atoms with Crippen molar-refractivity contribution >= 4 is 5.97 Å². The van der Waals surface area contributed by atoms with E-state index in [9.17, 15) is 4.79 Å². The molecule has 0 amide bonds. The van der Waals surface area contributed by atoms with Gasteiger partial charge in [0.2, 0.25) is 0 Å². The Bertz CT molecular complexity index is 383. The van der Waals surface area contributed by atoms with Crippen LogP contribution >= 0.6 is 0 Å². The third-order valence-corrected chi connectivity index (χ3v) is 2.93. The molecule has 0 atom stereocenters. The van der Waals surface area contributed by atoms with Crippen molar-refractivity contribution in [3.63, 3.8) is 0 Å². The summed E-state index contributed by atoms with van der Waals surface area (Å²) in [5, 5.41) is 0. The SMILES string of the molecule is COC(=O)CCc1cccc(OCC2CC2)c1. The number of carbonyl (C=O) groups is 1. The summed E-state index contributed by atoms with van der Waals surface area (Å²) in [6.07, 6.45) is 3.71. The predicted molar refractivity (Wildman–Crippen MR) is 65.0 cm³/mol. The molecule has 0 radical (unpaired) electrons. The molecular weight excluding hydrogens is 216 g/mol. The second kappa shape index (κ2) is 5.71. The molecule has 92 valence electrons. The van der Waals surface area contributed by atoms with Crippen LogP contribution in [0.25, 0.3) is 0 Å². The van der Waals surface area contributed by atoms with E-state index in [0.29, 0.717) is 12.8 Å². The normalized spacial score (nSPS) is 14.4. The topological polar surface area (TPSA) is 35.5 Å². The first-order chi connectivity index (χ1) is 8.28. The van der Waals surface area contributed by atoms with E-state index in [1.165, 1.54) is 20.0 Å². The molecule has 3 nitrogen and oxygen atoms in total. The summed E-state index contributed by atoms with van der Waals surface area (Å²) in [5.41, 5.74) is 1.11. The summed E-state index contributed by atoms with van der Waals surface area (Å²) in [4.78, 5) is 11.0. The fourth-order valence-corrected chi connectivity index (χ4v) is 1.64. The van der Waals surface area contributed by atoms with Crippen LogP contribution in [0.4, 0.5) is 0 Å².